The van der Waals surface area contributed by atoms with Crippen molar-refractivity contribution in [3.8, 4) is 0 Å². The molecule has 2 N–H and O–H groups in total. The highest BCUT2D eigenvalue weighted by molar-refractivity contribution is 7.99. The normalized spacial score (nSPS) is 15.0. The molecule has 7 heteroatoms. The van der Waals surface area contributed by atoms with Crippen LogP contribution in [0.25, 0.3) is 11.0 Å². The summed E-state index contributed by atoms with van der Waals surface area (Å²) in [5.41, 5.74) is 7.80. The highest BCUT2D eigenvalue weighted by Gasteiger charge is 2.15. The average Bonchev–Trinajstić information content (AvgIpc) is 3.00. The minimum atomic E-state index is -0.330. The van der Waals surface area contributed by atoms with Gasteiger partial charge in [0.05, 0.1) is 18.4 Å². The maximum Gasteiger partial charge on any atom is 0.339 e. The van der Waals surface area contributed by atoms with Gasteiger partial charge >= 0.3 is 5.97 Å². The van der Waals surface area contributed by atoms with Crippen molar-refractivity contribution >= 4 is 28.8 Å². The summed E-state index contributed by atoms with van der Waals surface area (Å²) < 4.78 is 6.79. The average molecular weight is 350 g/mol. The van der Waals surface area contributed by atoms with Crippen LogP contribution < -0.4 is 5.73 Å². The van der Waals surface area contributed by atoms with Gasteiger partial charge in [0.2, 0.25) is 0 Å². The van der Waals surface area contributed by atoms with Crippen LogP contribution in [-0.4, -0.2) is 44.9 Å². The highest BCUT2D eigenvalue weighted by Crippen LogP contribution is 2.20. The van der Waals surface area contributed by atoms with Crippen LogP contribution >= 0.6 is 11.8 Å². The largest absolute Gasteiger partial charge is 0.462 e. The molecule has 6 nitrogen and oxygen atoms in total. The first-order chi connectivity index (χ1) is 11.6. The van der Waals surface area contributed by atoms with Crippen molar-refractivity contribution in [2.24, 2.45) is 5.73 Å². The van der Waals surface area contributed by atoms with E-state index in [1.165, 1.54) is 24.3 Å². The van der Waals surface area contributed by atoms with Gasteiger partial charge in [-0.15, -0.1) is 0 Å². The number of fused-ring (bicyclic) bond motifs is 1. The summed E-state index contributed by atoms with van der Waals surface area (Å²) in [5.74, 6) is 2.23. The lowest BCUT2D eigenvalue weighted by Gasteiger charge is -2.15. The Morgan fingerprint density at radius 1 is 1.38 bits per heavy atom. The molecule has 0 aromatic carbocycles. The molecule has 0 unspecified atom stereocenters. The highest BCUT2D eigenvalue weighted by atomic mass is 32.2. The number of ether oxygens (including phenoxy) is 1. The van der Waals surface area contributed by atoms with Gasteiger partial charge in [-0.2, -0.15) is 16.9 Å². The Bertz CT molecular complexity index is 681. The number of carbonyl (C=O) groups excluding carboxylic acids is 1. The molecule has 0 spiro atoms. The second-order valence-electron chi connectivity index (χ2n) is 5.66. The lowest BCUT2D eigenvalue weighted by atomic mass is 10.1. The van der Waals surface area contributed by atoms with E-state index < -0.39 is 0 Å². The molecule has 1 aliphatic heterocycles. The molecule has 0 radical (unpaired) electrons. The Morgan fingerprint density at radius 3 is 2.62 bits per heavy atom. The predicted molar refractivity (Wildman–Crippen MR) is 98.4 cm³/mol. The van der Waals surface area contributed by atoms with Gasteiger partial charge in [0.25, 0.3) is 0 Å². The van der Waals surface area contributed by atoms with E-state index in [9.17, 15) is 4.79 Å². The van der Waals surface area contributed by atoms with Crippen LogP contribution in [0.4, 0.5) is 0 Å². The third-order valence-corrected chi connectivity index (χ3v) is 5.05. The second-order valence-corrected chi connectivity index (χ2v) is 6.89. The third kappa shape index (κ3) is 4.48. The van der Waals surface area contributed by atoms with Crippen LogP contribution in [-0.2, 0) is 11.3 Å². The van der Waals surface area contributed by atoms with E-state index in [0.29, 0.717) is 18.2 Å². The van der Waals surface area contributed by atoms with Crippen molar-refractivity contribution in [3.05, 3.63) is 23.5 Å². The van der Waals surface area contributed by atoms with E-state index >= 15 is 0 Å². The molecule has 3 heterocycles. The second kappa shape index (κ2) is 9.03. The molecule has 0 saturated carbocycles. The summed E-state index contributed by atoms with van der Waals surface area (Å²) in [6.45, 7) is 6.80. The number of hydrogen-bond donors (Lipinski definition) is 1. The van der Waals surface area contributed by atoms with Crippen LogP contribution in [0, 0.1) is 6.92 Å². The number of thioether (sulfide) groups is 1. The van der Waals surface area contributed by atoms with E-state index in [0.717, 1.165) is 23.1 Å². The number of nitrogens with two attached hydrogens (primary N) is 1. The van der Waals surface area contributed by atoms with Crippen LogP contribution in [0.1, 0.15) is 42.6 Å². The Kier molecular flexibility index (Phi) is 7.05. The summed E-state index contributed by atoms with van der Waals surface area (Å²) in [4.78, 5) is 16.0. The van der Waals surface area contributed by atoms with Crippen molar-refractivity contribution in [2.45, 2.75) is 46.2 Å². The molecule has 2 aromatic heterocycles. The van der Waals surface area contributed by atoms with Crippen molar-refractivity contribution < 1.29 is 9.53 Å². The van der Waals surface area contributed by atoms with Crippen molar-refractivity contribution in [2.75, 3.05) is 18.1 Å². The third-order valence-electron chi connectivity index (χ3n) is 4.00. The molecule has 3 rings (SSSR count). The van der Waals surface area contributed by atoms with E-state index in [1.54, 1.807) is 24.0 Å². The molecule has 1 saturated heterocycles. The standard InChI is InChI=1S/C12H15N3O2.C5H11NS/c1-4-15-11-9(7-14-15)8(3)10(6-13-11)12(16)17-5-2;6-5-1-3-7-4-2-5/h6-7H,4-5H2,1-3H3;5H,1-4,6H2. The van der Waals surface area contributed by atoms with Gasteiger partial charge in [-0.1, -0.05) is 0 Å². The van der Waals surface area contributed by atoms with Gasteiger partial charge in [0, 0.05) is 24.2 Å². The van der Waals surface area contributed by atoms with Gasteiger partial charge in [-0.25, -0.2) is 14.5 Å². The molecular formula is C17H26N4O2S. The number of aromatic nitrogens is 3. The minimum Gasteiger partial charge on any atom is -0.462 e. The van der Waals surface area contributed by atoms with Crippen LogP contribution in [0.15, 0.2) is 12.4 Å². The molecule has 0 bridgehead atoms. The summed E-state index contributed by atoms with van der Waals surface area (Å²) in [6.07, 6.45) is 5.75. The minimum absolute atomic E-state index is 0.330. The van der Waals surface area contributed by atoms with Gasteiger partial charge in [-0.3, -0.25) is 0 Å². The summed E-state index contributed by atoms with van der Waals surface area (Å²) >= 11 is 2.02. The van der Waals surface area contributed by atoms with Crippen molar-refractivity contribution in [1.82, 2.24) is 14.8 Å². The zero-order valence-electron chi connectivity index (χ0n) is 14.6. The number of hydrogen-bond acceptors (Lipinski definition) is 6. The molecule has 0 atom stereocenters. The predicted octanol–water partition coefficient (Wildman–Crippen LogP) is 2.78. The van der Waals surface area contributed by atoms with E-state index in [4.69, 9.17) is 10.5 Å². The monoisotopic (exact) mass is 350 g/mol. The van der Waals surface area contributed by atoms with Crippen molar-refractivity contribution in [3.63, 3.8) is 0 Å². The Balaban J connectivity index is 0.000000249. The quantitative estimate of drug-likeness (QED) is 0.857. The molecule has 0 aliphatic carbocycles. The first-order valence-corrected chi connectivity index (χ1v) is 9.55. The lowest BCUT2D eigenvalue weighted by molar-refractivity contribution is 0.0525. The fourth-order valence-electron chi connectivity index (χ4n) is 2.51. The van der Waals surface area contributed by atoms with Gasteiger partial charge in [0.1, 0.15) is 0 Å². The van der Waals surface area contributed by atoms with Gasteiger partial charge in [-0.05, 0) is 50.7 Å². The first-order valence-electron chi connectivity index (χ1n) is 8.40. The Labute approximate surface area is 147 Å². The van der Waals surface area contributed by atoms with Crippen molar-refractivity contribution in [1.29, 1.82) is 0 Å². The molecule has 24 heavy (non-hydrogen) atoms. The van der Waals surface area contributed by atoms with Gasteiger partial charge in [0.15, 0.2) is 5.65 Å². The smallest absolute Gasteiger partial charge is 0.339 e. The van der Waals surface area contributed by atoms with E-state index in [-0.39, 0.29) is 5.97 Å². The molecule has 132 valence electrons. The fraction of sp³-hybridized carbons (Fsp3) is 0.588. The molecule has 1 aliphatic rings. The van der Waals surface area contributed by atoms with E-state index in [2.05, 4.69) is 10.1 Å². The SMILES string of the molecule is CCOC(=O)c1cnc2c(cnn2CC)c1C.NC1CCSCC1. The maximum absolute atomic E-state index is 11.7. The van der Waals surface area contributed by atoms with Crippen LogP contribution in [0.2, 0.25) is 0 Å². The topological polar surface area (TPSA) is 83.0 Å². The van der Waals surface area contributed by atoms with E-state index in [1.807, 2.05) is 25.6 Å². The number of carbonyl (C=O) groups is 1. The number of nitrogens with zero attached hydrogens (tertiary/aromatic N) is 3. The fourth-order valence-corrected chi connectivity index (χ4v) is 3.65. The molecule has 2 aromatic rings. The molecule has 1 fully saturated rings. The van der Waals surface area contributed by atoms with Crippen LogP contribution in [0.5, 0.6) is 0 Å². The summed E-state index contributed by atoms with van der Waals surface area (Å²) in [5, 5.41) is 5.12. The number of pyridine rings is 1. The molecular weight excluding hydrogens is 324 g/mol. The Hall–Kier alpha value is -1.60. The number of esters is 1. The summed E-state index contributed by atoms with van der Waals surface area (Å²) in [7, 11) is 0. The van der Waals surface area contributed by atoms with Crippen LogP contribution in [0.3, 0.4) is 0 Å². The first kappa shape index (κ1) is 18.7. The lowest BCUT2D eigenvalue weighted by Crippen LogP contribution is -2.24. The summed E-state index contributed by atoms with van der Waals surface area (Å²) in [6, 6.07) is 0.515. The zero-order chi connectivity index (χ0) is 17.5. The Morgan fingerprint density at radius 2 is 2.08 bits per heavy atom. The zero-order valence-corrected chi connectivity index (χ0v) is 15.4. The number of aryl methyl sites for hydroxylation is 2. The van der Waals surface area contributed by atoms with Gasteiger partial charge < -0.3 is 10.5 Å². The number of rotatable bonds is 3. The maximum atomic E-state index is 11.7. The molecule has 0 amide bonds.